The lowest BCUT2D eigenvalue weighted by molar-refractivity contribution is 0.145. The average molecular weight is 236 g/mol. The monoisotopic (exact) mass is 236 g/mol. The van der Waals surface area contributed by atoms with E-state index >= 15 is 0 Å². The minimum atomic E-state index is -1.36. The van der Waals surface area contributed by atoms with Crippen LogP contribution in [0.25, 0.3) is 0 Å². The van der Waals surface area contributed by atoms with Crippen LogP contribution in [0.15, 0.2) is 48.5 Å². The Balaban J connectivity index is 2.61. The van der Waals surface area contributed by atoms with Crippen molar-refractivity contribution in [1.29, 1.82) is 0 Å². The molecule has 1 nitrogen and oxygen atoms in total. The van der Waals surface area contributed by atoms with Crippen LogP contribution in [0.4, 0.5) is 0 Å². The molecular weight excluding hydrogens is 220 g/mol. The molecule has 0 aliphatic heterocycles. The Labute approximate surface area is 108 Å². The van der Waals surface area contributed by atoms with E-state index in [4.69, 9.17) is 6.42 Å². The lowest BCUT2D eigenvalue weighted by Gasteiger charge is -2.24. The van der Waals surface area contributed by atoms with Gasteiger partial charge in [0.15, 0.2) is 5.60 Å². The minimum Gasteiger partial charge on any atom is -0.369 e. The first-order valence-corrected chi connectivity index (χ1v) is 5.91. The summed E-state index contributed by atoms with van der Waals surface area (Å²) in [4.78, 5) is 0. The molecule has 1 N–H and O–H groups in total. The van der Waals surface area contributed by atoms with Gasteiger partial charge in [0, 0.05) is 11.1 Å². The molecule has 1 unspecified atom stereocenters. The molecule has 1 heteroatoms. The molecule has 0 aliphatic carbocycles. The van der Waals surface area contributed by atoms with Crippen molar-refractivity contribution < 1.29 is 5.11 Å². The van der Waals surface area contributed by atoms with Crippen LogP contribution in [0.5, 0.6) is 0 Å². The summed E-state index contributed by atoms with van der Waals surface area (Å²) in [5, 5.41) is 10.8. The molecule has 0 spiro atoms. The Kier molecular flexibility index (Phi) is 3.23. The van der Waals surface area contributed by atoms with Crippen LogP contribution in [0.1, 0.15) is 22.3 Å². The molecule has 2 aromatic carbocycles. The van der Waals surface area contributed by atoms with Crippen LogP contribution < -0.4 is 0 Å². The van der Waals surface area contributed by atoms with E-state index in [2.05, 4.69) is 12.0 Å². The first kappa shape index (κ1) is 12.4. The second-order valence-corrected chi connectivity index (χ2v) is 4.60. The summed E-state index contributed by atoms with van der Waals surface area (Å²) in [5.74, 6) is 2.52. The van der Waals surface area contributed by atoms with Crippen LogP contribution in [0, 0.1) is 26.2 Å². The van der Waals surface area contributed by atoms with Gasteiger partial charge in [-0.2, -0.15) is 0 Å². The molecule has 1 atom stereocenters. The Bertz CT molecular complexity index is 573. The Morgan fingerprint density at radius 1 is 0.944 bits per heavy atom. The molecular formula is C17H16O. The number of benzene rings is 2. The normalized spacial score (nSPS) is 13.7. The van der Waals surface area contributed by atoms with Gasteiger partial charge in [-0.3, -0.25) is 0 Å². The highest BCUT2D eigenvalue weighted by atomic mass is 16.3. The van der Waals surface area contributed by atoms with Crippen LogP contribution in [0.3, 0.4) is 0 Å². The fourth-order valence-corrected chi connectivity index (χ4v) is 2.20. The molecule has 0 amide bonds. The van der Waals surface area contributed by atoms with Crippen LogP contribution >= 0.6 is 0 Å². The molecule has 0 bridgehead atoms. The van der Waals surface area contributed by atoms with Gasteiger partial charge in [-0.15, -0.1) is 6.42 Å². The molecule has 2 aromatic rings. The highest BCUT2D eigenvalue weighted by molar-refractivity contribution is 5.45. The Hall–Kier alpha value is -2.04. The average Bonchev–Trinajstić information content (AvgIpc) is 2.37. The summed E-state index contributed by atoms with van der Waals surface area (Å²) < 4.78 is 0. The number of aryl methyl sites for hydroxylation is 2. The largest absolute Gasteiger partial charge is 0.369 e. The maximum absolute atomic E-state index is 10.8. The first-order chi connectivity index (χ1) is 8.56. The lowest BCUT2D eigenvalue weighted by atomic mass is 9.85. The zero-order valence-electron chi connectivity index (χ0n) is 10.6. The molecule has 18 heavy (non-hydrogen) atoms. The molecule has 0 saturated carbocycles. The summed E-state index contributed by atoms with van der Waals surface area (Å²) in [6.45, 7) is 4.00. The van der Waals surface area contributed by atoms with E-state index in [1.54, 1.807) is 0 Å². The van der Waals surface area contributed by atoms with E-state index in [0.29, 0.717) is 0 Å². The molecule has 0 saturated heterocycles. The van der Waals surface area contributed by atoms with Crippen molar-refractivity contribution in [2.24, 2.45) is 0 Å². The van der Waals surface area contributed by atoms with Crippen molar-refractivity contribution in [3.8, 4) is 12.3 Å². The Morgan fingerprint density at radius 3 is 2.00 bits per heavy atom. The van der Waals surface area contributed by atoms with E-state index < -0.39 is 5.60 Å². The number of hydrogen-bond acceptors (Lipinski definition) is 1. The number of rotatable bonds is 2. The van der Waals surface area contributed by atoms with E-state index in [-0.39, 0.29) is 0 Å². The standard InChI is InChI=1S/C17H16O/c1-4-17(18,15-8-6-5-7-9-15)16-11-13(2)10-14(3)12-16/h1,5-12,18H,2-3H3. The number of hydrogen-bond donors (Lipinski definition) is 1. The Morgan fingerprint density at radius 2 is 1.50 bits per heavy atom. The first-order valence-electron chi connectivity index (χ1n) is 5.91. The van der Waals surface area contributed by atoms with Crippen LogP contribution in [-0.2, 0) is 5.60 Å². The number of aliphatic hydroxyl groups is 1. The fraction of sp³-hybridized carbons (Fsp3) is 0.176. The maximum Gasteiger partial charge on any atom is 0.176 e. The molecule has 0 aliphatic rings. The summed E-state index contributed by atoms with van der Waals surface area (Å²) in [6.07, 6.45) is 5.57. The third-order valence-electron chi connectivity index (χ3n) is 3.04. The van der Waals surface area contributed by atoms with Gasteiger partial charge in [0.25, 0.3) is 0 Å². The van der Waals surface area contributed by atoms with E-state index in [1.807, 2.05) is 56.3 Å². The van der Waals surface area contributed by atoms with Gasteiger partial charge in [0.2, 0.25) is 0 Å². The van der Waals surface area contributed by atoms with E-state index in [0.717, 1.165) is 22.3 Å². The fourth-order valence-electron chi connectivity index (χ4n) is 2.20. The molecule has 0 aromatic heterocycles. The zero-order chi connectivity index (χ0) is 13.2. The second kappa shape index (κ2) is 4.68. The van der Waals surface area contributed by atoms with Gasteiger partial charge in [0.05, 0.1) is 0 Å². The quantitative estimate of drug-likeness (QED) is 0.794. The summed E-state index contributed by atoms with van der Waals surface area (Å²) in [5.41, 5.74) is 2.29. The topological polar surface area (TPSA) is 20.2 Å². The van der Waals surface area contributed by atoms with Gasteiger partial charge in [-0.1, -0.05) is 65.6 Å². The van der Waals surface area contributed by atoms with E-state index in [9.17, 15) is 5.11 Å². The van der Waals surface area contributed by atoms with Crippen LogP contribution in [-0.4, -0.2) is 5.11 Å². The van der Waals surface area contributed by atoms with E-state index in [1.165, 1.54) is 0 Å². The summed E-state index contributed by atoms with van der Waals surface area (Å²) >= 11 is 0. The SMILES string of the molecule is C#CC(O)(c1ccccc1)c1cc(C)cc(C)c1. The predicted octanol–water partition coefficient (Wildman–Crippen LogP) is 3.17. The van der Waals surface area contributed by atoms with Gasteiger partial charge < -0.3 is 5.11 Å². The summed E-state index contributed by atoms with van der Waals surface area (Å²) in [6, 6.07) is 15.3. The van der Waals surface area contributed by atoms with Crippen molar-refractivity contribution in [2.45, 2.75) is 19.4 Å². The highest BCUT2D eigenvalue weighted by Crippen LogP contribution is 2.30. The predicted molar refractivity (Wildman–Crippen MR) is 74.2 cm³/mol. The van der Waals surface area contributed by atoms with Crippen molar-refractivity contribution in [3.63, 3.8) is 0 Å². The van der Waals surface area contributed by atoms with Gasteiger partial charge in [0.1, 0.15) is 0 Å². The van der Waals surface area contributed by atoms with Crippen molar-refractivity contribution in [2.75, 3.05) is 0 Å². The minimum absolute atomic E-state index is 0.720. The third kappa shape index (κ3) is 2.16. The molecule has 90 valence electrons. The molecule has 2 rings (SSSR count). The molecule has 0 radical (unpaired) electrons. The third-order valence-corrected chi connectivity index (χ3v) is 3.04. The second-order valence-electron chi connectivity index (χ2n) is 4.60. The number of terminal acetylenes is 1. The van der Waals surface area contributed by atoms with Crippen molar-refractivity contribution in [1.82, 2.24) is 0 Å². The lowest BCUT2D eigenvalue weighted by Crippen LogP contribution is -2.25. The van der Waals surface area contributed by atoms with Gasteiger partial charge in [-0.05, 0) is 13.8 Å². The highest BCUT2D eigenvalue weighted by Gasteiger charge is 2.29. The van der Waals surface area contributed by atoms with Gasteiger partial charge in [-0.25, -0.2) is 0 Å². The van der Waals surface area contributed by atoms with Gasteiger partial charge >= 0.3 is 0 Å². The molecule has 0 fully saturated rings. The summed E-state index contributed by atoms with van der Waals surface area (Å²) in [7, 11) is 0. The van der Waals surface area contributed by atoms with Crippen molar-refractivity contribution >= 4 is 0 Å². The smallest absolute Gasteiger partial charge is 0.176 e. The maximum atomic E-state index is 10.8. The van der Waals surface area contributed by atoms with Crippen molar-refractivity contribution in [3.05, 3.63) is 70.8 Å². The zero-order valence-corrected chi connectivity index (χ0v) is 10.6. The van der Waals surface area contributed by atoms with Crippen LogP contribution in [0.2, 0.25) is 0 Å². The molecule has 0 heterocycles.